The fourth-order valence-corrected chi connectivity index (χ4v) is 3.47. The lowest BCUT2D eigenvalue weighted by Crippen LogP contribution is -2.27. The molecule has 4 rings (SSSR count). The van der Waals surface area contributed by atoms with Crippen molar-refractivity contribution >= 4 is 27.7 Å². The van der Waals surface area contributed by atoms with Gasteiger partial charge in [-0.25, -0.2) is 0 Å². The van der Waals surface area contributed by atoms with Gasteiger partial charge in [0.15, 0.2) is 0 Å². The van der Waals surface area contributed by atoms with Crippen LogP contribution < -0.4 is 5.32 Å². The van der Waals surface area contributed by atoms with Crippen LogP contribution in [0.2, 0.25) is 0 Å². The van der Waals surface area contributed by atoms with Gasteiger partial charge in [0.05, 0.1) is 6.42 Å². The highest BCUT2D eigenvalue weighted by atomic mass is 16.1. The van der Waals surface area contributed by atoms with Gasteiger partial charge in [-0.05, 0) is 29.7 Å². The number of nitrogens with zero attached hydrogens (tertiary/aromatic N) is 1. The fourth-order valence-electron chi connectivity index (χ4n) is 3.47. The summed E-state index contributed by atoms with van der Waals surface area (Å²) >= 11 is 0. The number of H-pyrrole nitrogens is 1. The van der Waals surface area contributed by atoms with Crippen LogP contribution in [0.3, 0.4) is 0 Å². The number of aryl methyl sites for hydroxylation is 1. The Morgan fingerprint density at radius 1 is 1.04 bits per heavy atom. The van der Waals surface area contributed by atoms with Gasteiger partial charge >= 0.3 is 0 Å². The van der Waals surface area contributed by atoms with Crippen LogP contribution in [0.5, 0.6) is 0 Å². The zero-order valence-electron chi connectivity index (χ0n) is 14.3. The first-order valence-electron chi connectivity index (χ1n) is 8.57. The van der Waals surface area contributed by atoms with Gasteiger partial charge in [0.2, 0.25) is 5.91 Å². The topological polar surface area (TPSA) is 49.8 Å². The fraction of sp³-hybridized carbons (Fsp3) is 0.190. The third-order valence-electron chi connectivity index (χ3n) is 4.72. The summed E-state index contributed by atoms with van der Waals surface area (Å²) in [5.41, 5.74) is 4.60. The van der Waals surface area contributed by atoms with Gasteiger partial charge in [0.25, 0.3) is 0 Å². The Morgan fingerprint density at radius 2 is 1.80 bits per heavy atom. The van der Waals surface area contributed by atoms with Gasteiger partial charge in [-0.3, -0.25) is 4.79 Å². The number of nitrogens with one attached hydrogen (secondary N) is 2. The van der Waals surface area contributed by atoms with Gasteiger partial charge < -0.3 is 14.9 Å². The zero-order chi connectivity index (χ0) is 17.2. The van der Waals surface area contributed by atoms with E-state index in [1.807, 2.05) is 30.5 Å². The summed E-state index contributed by atoms with van der Waals surface area (Å²) in [6.07, 6.45) is 5.31. The largest absolute Gasteiger partial charge is 0.361 e. The number of amides is 1. The Bertz CT molecular complexity index is 1040. The smallest absolute Gasteiger partial charge is 0.224 e. The van der Waals surface area contributed by atoms with Crippen molar-refractivity contribution in [3.8, 4) is 0 Å². The molecule has 4 nitrogen and oxygen atoms in total. The van der Waals surface area contributed by atoms with E-state index in [-0.39, 0.29) is 5.91 Å². The van der Waals surface area contributed by atoms with E-state index in [9.17, 15) is 4.79 Å². The van der Waals surface area contributed by atoms with E-state index in [0.717, 1.165) is 22.9 Å². The molecule has 0 spiro atoms. The predicted molar refractivity (Wildman–Crippen MR) is 102 cm³/mol. The quantitative estimate of drug-likeness (QED) is 0.577. The van der Waals surface area contributed by atoms with E-state index in [1.165, 1.54) is 16.5 Å². The first kappa shape index (κ1) is 15.5. The first-order valence-corrected chi connectivity index (χ1v) is 8.57. The summed E-state index contributed by atoms with van der Waals surface area (Å²) in [6, 6.07) is 16.4. The molecule has 2 aromatic heterocycles. The highest BCUT2D eigenvalue weighted by Gasteiger charge is 2.09. The molecule has 0 saturated heterocycles. The Balaban J connectivity index is 1.39. The lowest BCUT2D eigenvalue weighted by molar-refractivity contribution is -0.120. The number of fused-ring (bicyclic) bond motifs is 2. The predicted octanol–water partition coefficient (Wildman–Crippen LogP) is 3.56. The lowest BCUT2D eigenvalue weighted by atomic mass is 10.1. The van der Waals surface area contributed by atoms with Gasteiger partial charge in [-0.2, -0.15) is 0 Å². The third kappa shape index (κ3) is 3.03. The highest BCUT2D eigenvalue weighted by Crippen LogP contribution is 2.20. The van der Waals surface area contributed by atoms with Crippen molar-refractivity contribution in [3.05, 3.63) is 72.1 Å². The van der Waals surface area contributed by atoms with Crippen LogP contribution in [0.4, 0.5) is 0 Å². The van der Waals surface area contributed by atoms with Crippen molar-refractivity contribution in [2.45, 2.75) is 12.8 Å². The number of carbonyl (C=O) groups excluding carboxylic acids is 1. The van der Waals surface area contributed by atoms with Crippen molar-refractivity contribution in [2.24, 2.45) is 7.05 Å². The Hall–Kier alpha value is -3.01. The standard InChI is InChI=1S/C21H21N3O/c1-24-14-15(18-7-3-5-9-20(18)24)10-11-22-21(25)12-16-13-23-19-8-4-2-6-17(16)19/h2-9,13-14,23H,10-12H2,1H3,(H,22,25). The van der Waals surface area contributed by atoms with E-state index in [0.29, 0.717) is 13.0 Å². The zero-order valence-corrected chi connectivity index (χ0v) is 14.3. The van der Waals surface area contributed by atoms with Crippen LogP contribution >= 0.6 is 0 Å². The van der Waals surface area contributed by atoms with E-state index in [2.05, 4.69) is 52.4 Å². The molecule has 4 heteroatoms. The SMILES string of the molecule is Cn1cc(CCNC(=O)Cc2c[nH]c3ccccc23)c2ccccc21. The molecule has 0 unspecified atom stereocenters. The van der Waals surface area contributed by atoms with Gasteiger partial charge in [0, 0.05) is 47.8 Å². The van der Waals surface area contributed by atoms with Crippen molar-refractivity contribution in [2.75, 3.05) is 6.54 Å². The van der Waals surface area contributed by atoms with Crippen LogP contribution in [-0.4, -0.2) is 22.0 Å². The van der Waals surface area contributed by atoms with Crippen LogP contribution in [0.15, 0.2) is 60.9 Å². The molecule has 0 aliphatic carbocycles. The summed E-state index contributed by atoms with van der Waals surface area (Å²) in [6.45, 7) is 0.648. The molecule has 0 aliphatic heterocycles. The minimum absolute atomic E-state index is 0.0602. The molecule has 2 heterocycles. The molecule has 0 atom stereocenters. The normalized spacial score (nSPS) is 11.2. The van der Waals surface area contributed by atoms with Gasteiger partial charge in [-0.15, -0.1) is 0 Å². The third-order valence-corrected chi connectivity index (χ3v) is 4.72. The molecule has 25 heavy (non-hydrogen) atoms. The van der Waals surface area contributed by atoms with Crippen molar-refractivity contribution in [3.63, 3.8) is 0 Å². The van der Waals surface area contributed by atoms with Crippen molar-refractivity contribution in [1.82, 2.24) is 14.9 Å². The van der Waals surface area contributed by atoms with Crippen LogP contribution in [0.25, 0.3) is 21.8 Å². The average molecular weight is 331 g/mol. The molecule has 0 bridgehead atoms. The summed E-state index contributed by atoms with van der Waals surface area (Å²) in [7, 11) is 2.06. The maximum Gasteiger partial charge on any atom is 0.224 e. The molecular weight excluding hydrogens is 310 g/mol. The lowest BCUT2D eigenvalue weighted by Gasteiger charge is -2.04. The summed E-state index contributed by atoms with van der Waals surface area (Å²) in [4.78, 5) is 15.5. The molecule has 0 saturated carbocycles. The number of para-hydroxylation sites is 2. The summed E-state index contributed by atoms with van der Waals surface area (Å²) in [5, 5.41) is 5.42. The Labute approximate surface area is 146 Å². The monoisotopic (exact) mass is 331 g/mol. The maximum absolute atomic E-state index is 12.3. The number of hydrogen-bond acceptors (Lipinski definition) is 1. The second kappa shape index (κ2) is 6.48. The first-order chi connectivity index (χ1) is 12.2. The van der Waals surface area contributed by atoms with E-state index < -0.39 is 0 Å². The Kier molecular flexibility index (Phi) is 4.02. The van der Waals surface area contributed by atoms with E-state index in [4.69, 9.17) is 0 Å². The number of benzene rings is 2. The number of aromatic nitrogens is 2. The molecule has 126 valence electrons. The second-order valence-corrected chi connectivity index (χ2v) is 6.42. The van der Waals surface area contributed by atoms with Gasteiger partial charge in [-0.1, -0.05) is 36.4 Å². The molecule has 0 fully saturated rings. The summed E-state index contributed by atoms with van der Waals surface area (Å²) in [5.74, 6) is 0.0602. The minimum Gasteiger partial charge on any atom is -0.361 e. The van der Waals surface area contributed by atoms with Crippen LogP contribution in [-0.2, 0) is 24.7 Å². The van der Waals surface area contributed by atoms with Crippen molar-refractivity contribution < 1.29 is 4.79 Å². The van der Waals surface area contributed by atoms with Crippen molar-refractivity contribution in [1.29, 1.82) is 0 Å². The number of carbonyl (C=O) groups is 1. The second-order valence-electron chi connectivity index (χ2n) is 6.42. The van der Waals surface area contributed by atoms with Crippen LogP contribution in [0, 0.1) is 0 Å². The molecule has 0 radical (unpaired) electrons. The van der Waals surface area contributed by atoms with Gasteiger partial charge in [0.1, 0.15) is 0 Å². The van der Waals surface area contributed by atoms with E-state index in [1.54, 1.807) is 0 Å². The molecule has 2 aromatic carbocycles. The molecular formula is C21H21N3O. The summed E-state index contributed by atoms with van der Waals surface area (Å²) < 4.78 is 2.14. The maximum atomic E-state index is 12.3. The average Bonchev–Trinajstić information content (AvgIpc) is 3.17. The molecule has 2 N–H and O–H groups in total. The molecule has 4 aromatic rings. The molecule has 0 aliphatic rings. The minimum atomic E-state index is 0.0602. The van der Waals surface area contributed by atoms with Crippen LogP contribution in [0.1, 0.15) is 11.1 Å². The number of aromatic amines is 1. The molecule has 1 amide bonds. The highest BCUT2D eigenvalue weighted by molar-refractivity contribution is 5.89. The number of rotatable bonds is 5. The Morgan fingerprint density at radius 3 is 2.68 bits per heavy atom. The number of hydrogen-bond donors (Lipinski definition) is 2. The van der Waals surface area contributed by atoms with E-state index >= 15 is 0 Å².